The van der Waals surface area contributed by atoms with Gasteiger partial charge >= 0.3 is 0 Å². The summed E-state index contributed by atoms with van der Waals surface area (Å²) >= 11 is 0. The van der Waals surface area contributed by atoms with Crippen LogP contribution in [0.1, 0.15) is 40.7 Å². The lowest BCUT2D eigenvalue weighted by Crippen LogP contribution is -2.14. The Balaban J connectivity index is 2.02. The van der Waals surface area contributed by atoms with Crippen molar-refractivity contribution in [2.24, 2.45) is 9.50 Å². The Morgan fingerprint density at radius 3 is 2.25 bits per heavy atom. The molecule has 0 aliphatic heterocycles. The van der Waals surface area contributed by atoms with Crippen LogP contribution >= 0.6 is 0 Å². The van der Waals surface area contributed by atoms with E-state index in [1.54, 1.807) is 0 Å². The highest BCUT2D eigenvalue weighted by Gasteiger charge is 2.25. The third kappa shape index (κ3) is 2.65. The molecule has 0 saturated heterocycles. The van der Waals surface area contributed by atoms with E-state index >= 15 is 0 Å². The molecule has 2 aliphatic rings. The summed E-state index contributed by atoms with van der Waals surface area (Å²) in [6.07, 6.45) is 8.21. The van der Waals surface area contributed by atoms with Gasteiger partial charge in [0.2, 0.25) is 0 Å². The van der Waals surface area contributed by atoms with Gasteiger partial charge in [0.05, 0.1) is 6.42 Å². The molecule has 1 aromatic carbocycles. The molecule has 0 radical (unpaired) electrons. The van der Waals surface area contributed by atoms with Gasteiger partial charge in [0.25, 0.3) is 5.91 Å². The van der Waals surface area contributed by atoms with E-state index in [1.807, 2.05) is 0 Å². The smallest absolute Gasteiger partial charge is 0.259 e. The van der Waals surface area contributed by atoms with Gasteiger partial charge in [-0.3, -0.25) is 4.79 Å². The van der Waals surface area contributed by atoms with Crippen LogP contribution in [0.15, 0.2) is 10.4 Å². The molecule has 0 bridgehead atoms. The first kappa shape index (κ1) is 13.8. The third-order valence-electron chi connectivity index (χ3n) is 4.21. The van der Waals surface area contributed by atoms with Crippen molar-refractivity contribution in [1.29, 1.82) is 0 Å². The van der Waals surface area contributed by atoms with Crippen LogP contribution in [0.4, 0.5) is 0 Å². The highest BCUT2D eigenvalue weighted by Crippen LogP contribution is 2.35. The molecule has 0 fully saturated rings. The topological polar surface area (TPSA) is 72.5 Å². The van der Waals surface area contributed by atoms with E-state index in [1.165, 1.54) is 28.5 Å². The lowest BCUT2D eigenvalue weighted by molar-refractivity contribution is -0.117. The predicted molar refractivity (Wildman–Crippen MR) is 79.9 cm³/mol. The van der Waals surface area contributed by atoms with Crippen molar-refractivity contribution in [2.45, 2.75) is 44.9 Å². The van der Waals surface area contributed by atoms with Gasteiger partial charge in [-0.1, -0.05) is 6.07 Å². The molecule has 1 aromatic rings. The van der Waals surface area contributed by atoms with E-state index in [0.29, 0.717) is 0 Å². The molecule has 0 spiro atoms. The van der Waals surface area contributed by atoms with Gasteiger partial charge in [0.15, 0.2) is 0 Å². The first-order valence-corrected chi connectivity index (χ1v) is 9.11. The second-order valence-corrected chi connectivity index (χ2v) is 7.77. The molecule has 108 valence electrons. The second-order valence-electron chi connectivity index (χ2n) is 5.86. The molecule has 20 heavy (non-hydrogen) atoms. The van der Waals surface area contributed by atoms with E-state index in [9.17, 15) is 9.00 Å². The van der Waals surface area contributed by atoms with Crippen LogP contribution in [-0.2, 0) is 46.8 Å². The summed E-state index contributed by atoms with van der Waals surface area (Å²) in [5, 5.41) is 5.36. The zero-order valence-corrected chi connectivity index (χ0v) is 12.6. The molecule has 5 heteroatoms. The number of carbonyl (C=O) groups is 1. The van der Waals surface area contributed by atoms with E-state index in [2.05, 4.69) is 10.4 Å². The van der Waals surface area contributed by atoms with Gasteiger partial charge in [0.1, 0.15) is 9.92 Å². The van der Waals surface area contributed by atoms with E-state index in [-0.39, 0.29) is 12.3 Å². The summed E-state index contributed by atoms with van der Waals surface area (Å²) in [4.78, 5) is 12.0. The molecule has 0 aromatic heterocycles. The minimum Gasteiger partial charge on any atom is -0.272 e. The second kappa shape index (κ2) is 4.97. The minimum atomic E-state index is -2.85. The Morgan fingerprint density at radius 1 is 1.20 bits per heavy atom. The Kier molecular flexibility index (Phi) is 3.42. The molecule has 1 unspecified atom stereocenters. The fourth-order valence-electron chi connectivity index (χ4n) is 3.53. The van der Waals surface area contributed by atoms with E-state index < -0.39 is 9.92 Å². The van der Waals surface area contributed by atoms with Crippen molar-refractivity contribution >= 4 is 15.8 Å². The van der Waals surface area contributed by atoms with Crippen LogP contribution in [0.2, 0.25) is 0 Å². The van der Waals surface area contributed by atoms with Crippen molar-refractivity contribution < 1.29 is 9.00 Å². The summed E-state index contributed by atoms with van der Waals surface area (Å²) in [7, 11) is -2.85. The van der Waals surface area contributed by atoms with Crippen LogP contribution in [-0.4, -0.2) is 16.4 Å². The fraction of sp³-hybridized carbons (Fsp3) is 0.533. The monoisotopic (exact) mass is 292 g/mol. The third-order valence-corrected chi connectivity index (χ3v) is 4.78. The maximum atomic E-state index is 12.0. The van der Waals surface area contributed by atoms with Crippen molar-refractivity contribution in [3.63, 3.8) is 0 Å². The van der Waals surface area contributed by atoms with E-state index in [0.717, 1.165) is 44.1 Å². The fourth-order valence-corrected chi connectivity index (χ4v) is 4.00. The highest BCUT2D eigenvalue weighted by atomic mass is 32.2. The summed E-state index contributed by atoms with van der Waals surface area (Å²) in [5.74, 6) is -0.352. The zero-order valence-electron chi connectivity index (χ0n) is 11.8. The highest BCUT2D eigenvalue weighted by molar-refractivity contribution is 7.91. The number of nitrogens with two attached hydrogens (primary N) is 1. The van der Waals surface area contributed by atoms with Crippen molar-refractivity contribution in [2.75, 3.05) is 6.26 Å². The first-order valence-electron chi connectivity index (χ1n) is 7.12. The van der Waals surface area contributed by atoms with Gasteiger partial charge in [-0.15, -0.1) is 4.36 Å². The van der Waals surface area contributed by atoms with Crippen LogP contribution in [0, 0.1) is 0 Å². The normalized spacial score (nSPS) is 19.3. The number of aryl methyl sites for hydroxylation is 2. The Hall–Kier alpha value is -1.20. The van der Waals surface area contributed by atoms with Crippen LogP contribution in [0.5, 0.6) is 0 Å². The van der Waals surface area contributed by atoms with Gasteiger partial charge in [0, 0.05) is 6.26 Å². The number of rotatable bonds is 2. The summed E-state index contributed by atoms with van der Waals surface area (Å²) in [6, 6.07) is 2.34. The van der Waals surface area contributed by atoms with Crippen LogP contribution < -0.4 is 5.14 Å². The molecule has 0 saturated carbocycles. The molecule has 0 heterocycles. The number of benzene rings is 1. The van der Waals surface area contributed by atoms with E-state index in [4.69, 9.17) is 5.14 Å². The standard InChI is InChI=1S/C15H20N2O2S/c1-20(16,19)17-15(18)9-14-12-6-2-4-10(12)8-11-5-3-7-13(11)14/h8H,2-7,9H2,1H3,(H2,16,17,18,19). The number of hydrogen-bond donors (Lipinski definition) is 1. The van der Waals surface area contributed by atoms with Crippen molar-refractivity contribution in [1.82, 2.24) is 0 Å². The van der Waals surface area contributed by atoms with Crippen LogP contribution in [0.25, 0.3) is 0 Å². The lowest BCUT2D eigenvalue weighted by atomic mass is 9.92. The lowest BCUT2D eigenvalue weighted by Gasteiger charge is -2.13. The number of carbonyl (C=O) groups excluding carboxylic acids is 1. The Bertz CT molecular complexity index is 660. The molecule has 3 rings (SSSR count). The molecule has 1 amide bonds. The minimum absolute atomic E-state index is 0.257. The van der Waals surface area contributed by atoms with Crippen molar-refractivity contribution in [3.8, 4) is 0 Å². The largest absolute Gasteiger partial charge is 0.272 e. The molecular weight excluding hydrogens is 272 g/mol. The maximum absolute atomic E-state index is 12.0. The summed E-state index contributed by atoms with van der Waals surface area (Å²) < 4.78 is 15.1. The SMILES string of the molecule is CS(N)(=O)=NC(=O)Cc1c2c(cc3c1CCC3)CCC2. The predicted octanol–water partition coefficient (Wildman–Crippen LogP) is 1.70. The molecule has 2 N–H and O–H groups in total. The Labute approximate surface area is 120 Å². The number of amides is 1. The average Bonchev–Trinajstić information content (AvgIpc) is 2.93. The molecule has 4 nitrogen and oxygen atoms in total. The Morgan fingerprint density at radius 2 is 1.75 bits per heavy atom. The molecular formula is C15H20N2O2S. The average molecular weight is 292 g/mol. The van der Waals surface area contributed by atoms with Gasteiger partial charge < -0.3 is 0 Å². The summed E-state index contributed by atoms with van der Waals surface area (Å²) in [5.41, 5.74) is 6.64. The van der Waals surface area contributed by atoms with Gasteiger partial charge in [-0.2, -0.15) is 0 Å². The van der Waals surface area contributed by atoms with Crippen molar-refractivity contribution in [3.05, 3.63) is 33.9 Å². The number of nitrogens with zero attached hydrogens (tertiary/aromatic N) is 1. The molecule has 2 aliphatic carbocycles. The zero-order chi connectivity index (χ0) is 14.3. The molecule has 1 atom stereocenters. The van der Waals surface area contributed by atoms with Crippen LogP contribution in [0.3, 0.4) is 0 Å². The first-order chi connectivity index (χ1) is 9.44. The van der Waals surface area contributed by atoms with Gasteiger partial charge in [-0.05, 0) is 66.3 Å². The summed E-state index contributed by atoms with van der Waals surface area (Å²) in [6.45, 7) is 0. The quantitative estimate of drug-likeness (QED) is 0.901. The van der Waals surface area contributed by atoms with Gasteiger partial charge in [-0.25, -0.2) is 9.35 Å². The maximum Gasteiger partial charge on any atom is 0.259 e. The number of fused-ring (bicyclic) bond motifs is 2. The number of hydrogen-bond acceptors (Lipinski definition) is 2.